The van der Waals surface area contributed by atoms with Crippen LogP contribution in [0, 0.1) is 13.8 Å². The zero-order valence-electron chi connectivity index (χ0n) is 14.1. The van der Waals surface area contributed by atoms with Crippen LogP contribution in [0.5, 0.6) is 5.75 Å². The third-order valence-corrected chi connectivity index (χ3v) is 3.92. The molecule has 0 aliphatic rings. The topological polar surface area (TPSA) is 68.5 Å². The predicted molar refractivity (Wildman–Crippen MR) is 90.4 cm³/mol. The Kier molecular flexibility index (Phi) is 5.34. The van der Waals surface area contributed by atoms with Crippen LogP contribution in [0.25, 0.3) is 0 Å². The summed E-state index contributed by atoms with van der Waals surface area (Å²) in [6.45, 7) is 4.82. The number of aromatic nitrogens is 1. The maximum absolute atomic E-state index is 12.5. The Bertz CT molecular complexity index is 696. The largest absolute Gasteiger partial charge is 0.496 e. The highest BCUT2D eigenvalue weighted by Gasteiger charge is 2.16. The molecule has 5 heteroatoms. The molecule has 0 radical (unpaired) electrons. The summed E-state index contributed by atoms with van der Waals surface area (Å²) in [7, 11) is 3.42. The number of pyridine rings is 1. The van der Waals surface area contributed by atoms with Gasteiger partial charge in [-0.2, -0.15) is 0 Å². The SMILES string of the molecule is COc1c(C)cnc(CN(C)C(=O)c2ccc(CN)cc2)c1C. The molecule has 122 valence electrons. The lowest BCUT2D eigenvalue weighted by molar-refractivity contribution is 0.0783. The highest BCUT2D eigenvalue weighted by Crippen LogP contribution is 2.24. The number of rotatable bonds is 5. The van der Waals surface area contributed by atoms with Gasteiger partial charge in [0.1, 0.15) is 5.75 Å². The van der Waals surface area contributed by atoms with Gasteiger partial charge in [0.25, 0.3) is 5.91 Å². The number of benzene rings is 1. The highest BCUT2D eigenvalue weighted by atomic mass is 16.5. The van der Waals surface area contributed by atoms with Gasteiger partial charge in [0, 0.05) is 36.5 Å². The number of carbonyl (C=O) groups excluding carboxylic acids is 1. The molecule has 23 heavy (non-hydrogen) atoms. The van der Waals surface area contributed by atoms with Crippen LogP contribution in [0.1, 0.15) is 32.7 Å². The first kappa shape index (κ1) is 17.0. The highest BCUT2D eigenvalue weighted by molar-refractivity contribution is 5.94. The van der Waals surface area contributed by atoms with E-state index in [0.717, 1.165) is 28.1 Å². The lowest BCUT2D eigenvalue weighted by Crippen LogP contribution is -2.27. The number of methoxy groups -OCH3 is 1. The Morgan fingerprint density at radius 3 is 2.48 bits per heavy atom. The Hall–Kier alpha value is -2.40. The van der Waals surface area contributed by atoms with E-state index in [0.29, 0.717) is 18.7 Å². The van der Waals surface area contributed by atoms with E-state index in [2.05, 4.69) is 4.98 Å². The average molecular weight is 313 g/mol. The van der Waals surface area contributed by atoms with E-state index in [1.807, 2.05) is 26.0 Å². The minimum atomic E-state index is -0.0469. The molecule has 1 heterocycles. The molecule has 5 nitrogen and oxygen atoms in total. The molecular formula is C18H23N3O2. The van der Waals surface area contributed by atoms with Crippen LogP contribution in [0.4, 0.5) is 0 Å². The molecule has 1 aromatic heterocycles. The summed E-state index contributed by atoms with van der Waals surface area (Å²) in [5.41, 5.74) is 10.0. The molecule has 0 fully saturated rings. The van der Waals surface area contributed by atoms with Crippen molar-refractivity contribution in [2.24, 2.45) is 5.73 Å². The van der Waals surface area contributed by atoms with Crippen LogP contribution in [0.2, 0.25) is 0 Å². The maximum Gasteiger partial charge on any atom is 0.253 e. The monoisotopic (exact) mass is 313 g/mol. The fourth-order valence-electron chi connectivity index (χ4n) is 2.53. The second-order valence-electron chi connectivity index (χ2n) is 5.61. The number of hydrogen-bond acceptors (Lipinski definition) is 4. The molecule has 2 aromatic rings. The van der Waals surface area contributed by atoms with Gasteiger partial charge in [0.05, 0.1) is 19.3 Å². The summed E-state index contributed by atoms with van der Waals surface area (Å²) >= 11 is 0. The Balaban J connectivity index is 2.18. The quantitative estimate of drug-likeness (QED) is 0.920. The summed E-state index contributed by atoms with van der Waals surface area (Å²) in [6.07, 6.45) is 1.77. The number of nitrogens with zero attached hydrogens (tertiary/aromatic N) is 2. The fraction of sp³-hybridized carbons (Fsp3) is 0.333. The van der Waals surface area contributed by atoms with Crippen molar-refractivity contribution in [2.75, 3.05) is 14.2 Å². The van der Waals surface area contributed by atoms with Crippen molar-refractivity contribution in [3.05, 3.63) is 58.4 Å². The van der Waals surface area contributed by atoms with Crippen molar-refractivity contribution in [1.82, 2.24) is 9.88 Å². The van der Waals surface area contributed by atoms with E-state index >= 15 is 0 Å². The summed E-state index contributed by atoms with van der Waals surface area (Å²) in [5.74, 6) is 0.775. The molecule has 1 amide bonds. The number of hydrogen-bond donors (Lipinski definition) is 1. The van der Waals surface area contributed by atoms with Gasteiger partial charge in [-0.15, -0.1) is 0 Å². The first-order valence-electron chi connectivity index (χ1n) is 7.51. The van der Waals surface area contributed by atoms with Gasteiger partial charge < -0.3 is 15.4 Å². The van der Waals surface area contributed by atoms with Crippen molar-refractivity contribution >= 4 is 5.91 Å². The molecule has 0 aliphatic heterocycles. The minimum Gasteiger partial charge on any atom is -0.496 e. The van der Waals surface area contributed by atoms with Crippen LogP contribution >= 0.6 is 0 Å². The number of amides is 1. The first-order valence-corrected chi connectivity index (χ1v) is 7.51. The van der Waals surface area contributed by atoms with Crippen molar-refractivity contribution < 1.29 is 9.53 Å². The van der Waals surface area contributed by atoms with E-state index < -0.39 is 0 Å². The number of ether oxygens (including phenoxy) is 1. The van der Waals surface area contributed by atoms with Crippen molar-refractivity contribution in [3.63, 3.8) is 0 Å². The summed E-state index contributed by atoms with van der Waals surface area (Å²) < 4.78 is 5.41. The van der Waals surface area contributed by atoms with Crippen molar-refractivity contribution in [1.29, 1.82) is 0 Å². The Morgan fingerprint density at radius 2 is 1.91 bits per heavy atom. The maximum atomic E-state index is 12.5. The van der Waals surface area contributed by atoms with Gasteiger partial charge in [0.2, 0.25) is 0 Å². The average Bonchev–Trinajstić information content (AvgIpc) is 2.57. The molecule has 0 unspecified atom stereocenters. The lowest BCUT2D eigenvalue weighted by Gasteiger charge is -2.19. The van der Waals surface area contributed by atoms with Gasteiger partial charge in [0.15, 0.2) is 0 Å². The molecule has 0 spiro atoms. The third-order valence-electron chi connectivity index (χ3n) is 3.92. The molecular weight excluding hydrogens is 290 g/mol. The molecule has 0 atom stereocenters. The van der Waals surface area contributed by atoms with Gasteiger partial charge in [-0.3, -0.25) is 9.78 Å². The third kappa shape index (κ3) is 3.68. The number of nitrogens with two attached hydrogens (primary N) is 1. The second-order valence-corrected chi connectivity index (χ2v) is 5.61. The summed E-state index contributed by atoms with van der Waals surface area (Å²) in [5, 5.41) is 0. The van der Waals surface area contributed by atoms with Gasteiger partial charge in [-0.1, -0.05) is 12.1 Å². The standard InChI is InChI=1S/C18H23N3O2/c1-12-10-20-16(13(2)17(12)23-4)11-21(3)18(22)15-7-5-14(9-19)6-8-15/h5-8,10H,9,11,19H2,1-4H3. The van der Waals surface area contributed by atoms with E-state index in [9.17, 15) is 4.79 Å². The molecule has 0 saturated heterocycles. The van der Waals surface area contributed by atoms with E-state index in [4.69, 9.17) is 10.5 Å². The number of carbonyl (C=O) groups is 1. The molecule has 0 bridgehead atoms. The van der Waals surface area contributed by atoms with Crippen LogP contribution in [-0.4, -0.2) is 29.9 Å². The minimum absolute atomic E-state index is 0.0469. The van der Waals surface area contributed by atoms with E-state index in [1.165, 1.54) is 0 Å². The van der Waals surface area contributed by atoms with Gasteiger partial charge in [-0.05, 0) is 31.5 Å². The van der Waals surface area contributed by atoms with Crippen LogP contribution in [0.15, 0.2) is 30.5 Å². The summed E-state index contributed by atoms with van der Waals surface area (Å²) in [6, 6.07) is 7.35. The number of aryl methyl sites for hydroxylation is 1. The second kappa shape index (κ2) is 7.24. The zero-order chi connectivity index (χ0) is 17.0. The lowest BCUT2D eigenvalue weighted by atomic mass is 10.1. The fourth-order valence-corrected chi connectivity index (χ4v) is 2.53. The van der Waals surface area contributed by atoms with Crippen LogP contribution < -0.4 is 10.5 Å². The predicted octanol–water partition coefficient (Wildman–Crippen LogP) is 2.44. The molecule has 2 rings (SSSR count). The van der Waals surface area contributed by atoms with Gasteiger partial charge in [-0.25, -0.2) is 0 Å². The normalized spacial score (nSPS) is 10.5. The zero-order valence-corrected chi connectivity index (χ0v) is 14.1. The van der Waals surface area contributed by atoms with E-state index in [-0.39, 0.29) is 5.91 Å². The molecule has 1 aromatic carbocycles. The molecule has 0 aliphatic carbocycles. The first-order chi connectivity index (χ1) is 11.0. The summed E-state index contributed by atoms with van der Waals surface area (Å²) in [4.78, 5) is 18.6. The van der Waals surface area contributed by atoms with Gasteiger partial charge >= 0.3 is 0 Å². The Labute approximate surface area is 137 Å². The van der Waals surface area contributed by atoms with Crippen molar-refractivity contribution in [3.8, 4) is 5.75 Å². The molecule has 2 N–H and O–H groups in total. The van der Waals surface area contributed by atoms with Crippen LogP contribution in [0.3, 0.4) is 0 Å². The van der Waals surface area contributed by atoms with Crippen LogP contribution in [-0.2, 0) is 13.1 Å². The Morgan fingerprint density at radius 1 is 1.26 bits per heavy atom. The smallest absolute Gasteiger partial charge is 0.253 e. The van der Waals surface area contributed by atoms with E-state index in [1.54, 1.807) is 37.4 Å². The molecule has 0 saturated carbocycles. The van der Waals surface area contributed by atoms with Crippen molar-refractivity contribution in [2.45, 2.75) is 26.9 Å².